The number of ether oxygens (including phenoxy) is 2. The van der Waals surface area contributed by atoms with E-state index in [2.05, 4.69) is 184 Å². The topological polar surface area (TPSA) is 151 Å². The molecule has 115 heavy (non-hydrogen) atoms. The number of hydrogen-bond acceptors (Lipinski definition) is 7. The molecule has 0 atom stereocenters. The number of allylic oxidation sites excluding steroid dienone is 12. The van der Waals surface area contributed by atoms with Crippen molar-refractivity contribution in [2.75, 3.05) is 37.0 Å². The van der Waals surface area contributed by atoms with Crippen molar-refractivity contribution in [3.63, 3.8) is 0 Å². The number of hydrogen-bond donors (Lipinski definition) is 0. The first kappa shape index (κ1) is 88.3. The van der Waals surface area contributed by atoms with Crippen LogP contribution in [0.15, 0.2) is 179 Å². The van der Waals surface area contributed by atoms with Crippen LogP contribution in [0.25, 0.3) is 68.2 Å². The number of nitrogens with zero attached hydrogens (tertiary/aromatic N) is 11. The summed E-state index contributed by atoms with van der Waals surface area (Å²) in [5, 5.41) is 25.0. The fourth-order valence-electron chi connectivity index (χ4n) is 15.9. The predicted molar refractivity (Wildman–Crippen MR) is 464 cm³/mol. The van der Waals surface area contributed by atoms with Gasteiger partial charge in [-0.1, -0.05) is 221 Å². The van der Waals surface area contributed by atoms with Crippen molar-refractivity contribution < 1.29 is 50.6 Å². The summed E-state index contributed by atoms with van der Waals surface area (Å²) >= 11 is 0. The zero-order chi connectivity index (χ0) is 81.1. The molecule has 0 spiro atoms. The Morgan fingerprint density at radius 1 is 0.557 bits per heavy atom. The molecule has 0 saturated heterocycles. The molecule has 5 aliphatic rings. The second-order valence-corrected chi connectivity index (χ2v) is 31.7. The summed E-state index contributed by atoms with van der Waals surface area (Å²) in [6, 6.07) is 38.2. The molecule has 10 heterocycles. The second kappa shape index (κ2) is 38.6. The van der Waals surface area contributed by atoms with Gasteiger partial charge in [-0.3, -0.25) is 0 Å². The second-order valence-electron chi connectivity index (χ2n) is 31.7. The molecule has 0 fully saturated rings. The van der Waals surface area contributed by atoms with Crippen LogP contribution in [-0.4, -0.2) is 32.2 Å². The molecule has 9 aromatic rings. The molecule has 0 aliphatic carbocycles. The fourth-order valence-corrected chi connectivity index (χ4v) is 15.9. The summed E-state index contributed by atoms with van der Waals surface area (Å²) in [6.45, 7) is 52.0. The third-order valence-electron chi connectivity index (χ3n) is 22.1. The monoisotopic (exact) mass is 1880 g/mol. The van der Waals surface area contributed by atoms with Crippen molar-refractivity contribution in [3.8, 4) is 23.4 Å². The van der Waals surface area contributed by atoms with Crippen molar-refractivity contribution in [3.05, 3.63) is 319 Å². The fraction of sp³-hybridized carbons (Fsp3) is 0.330. The molecular formula is C100H106IrN11O2Pt-. The summed E-state index contributed by atoms with van der Waals surface area (Å²) in [5.74, 6) is 2.65. The zero-order valence-electron chi connectivity index (χ0n) is 70.0. The third-order valence-corrected chi connectivity index (χ3v) is 22.1. The number of benzene rings is 4. The Bertz CT molecular complexity index is 5480. The Balaban J connectivity index is 0.000000183. The number of aromatic nitrogens is 5. The van der Waals surface area contributed by atoms with Gasteiger partial charge in [0.1, 0.15) is 23.0 Å². The smallest absolute Gasteiger partial charge is 0.657 e. The van der Waals surface area contributed by atoms with Crippen LogP contribution in [0.2, 0.25) is 0 Å². The van der Waals surface area contributed by atoms with Crippen LogP contribution in [-0.2, 0) is 113 Å². The van der Waals surface area contributed by atoms with Gasteiger partial charge in [-0.05, 0) is 199 Å². The van der Waals surface area contributed by atoms with Gasteiger partial charge in [0, 0.05) is 70.3 Å². The van der Waals surface area contributed by atoms with Gasteiger partial charge in [-0.25, -0.2) is 20.2 Å². The van der Waals surface area contributed by atoms with Gasteiger partial charge in [0.2, 0.25) is 0 Å². The van der Waals surface area contributed by atoms with Gasteiger partial charge in [0.15, 0.2) is 0 Å². The molecule has 0 N–H and O–H groups in total. The van der Waals surface area contributed by atoms with E-state index >= 15 is 0 Å². The number of pyridine rings is 1. The summed E-state index contributed by atoms with van der Waals surface area (Å²) < 4.78 is 11.8. The number of nitriles is 2. The van der Waals surface area contributed by atoms with Gasteiger partial charge < -0.3 is 44.2 Å². The molecule has 0 unspecified atom stereocenters. The van der Waals surface area contributed by atoms with Crippen molar-refractivity contribution in [2.24, 2.45) is 5.41 Å². The number of anilines is 2. The minimum Gasteiger partial charge on any atom is -0.657 e. The molecule has 15 heteroatoms. The van der Waals surface area contributed by atoms with Gasteiger partial charge >= 0.3 is 21.1 Å². The van der Waals surface area contributed by atoms with E-state index in [9.17, 15) is 5.26 Å². The Kier molecular flexibility index (Phi) is 29.6. The summed E-state index contributed by atoms with van der Waals surface area (Å²) in [6.07, 6.45) is 35.6. The molecule has 5 aliphatic heterocycles. The van der Waals surface area contributed by atoms with E-state index in [1.807, 2.05) is 128 Å². The standard InChI is InChI=1S/C36H44N4.C30H35N3O.C19H17N3O.C15H10N.Ir.Pt/c1-9-21-22(10-2)30-18-32-25(13-5)26(14-6)34(39-32)20-36-28(16-8)27(15-7)35(40-36)19-33-24(12-4)23(11-3)31(38-33)17-29(21)37-30;1-28(2,3)26-18-21(25(19-31)32-8)17-22(34-26)10-9-20-15-23-27-24(16-20)30(6,7)12-14-33(27)13-11-29(23,4)5;1-14-11-16(19(13-20)21-2)12-18(23-14)10-7-15-5-8-17(9-6-15)22(3)4;1-2-7-13(8-3-1)15-14-9-5-4-6-12(14)10-11-16-15;;/h17-20H,9-16H2,1-8H3;9-10,15-18H,11-14H2,1-7H3;5-12H,1,3-4H3;1-7,9-11H;;/q-4;;;-1;;+4/b;10-9+,25-21-;10-7+,19-16+;;;. The van der Waals surface area contributed by atoms with Crippen LogP contribution in [0.5, 0.6) is 0 Å². The maximum Gasteiger partial charge on any atom is 4.00 e. The summed E-state index contributed by atoms with van der Waals surface area (Å²) in [7, 11) is 4.00. The Morgan fingerprint density at radius 2 is 0.991 bits per heavy atom. The summed E-state index contributed by atoms with van der Waals surface area (Å²) in [4.78, 5) is 36.7. The van der Waals surface area contributed by atoms with Crippen LogP contribution in [0, 0.1) is 47.3 Å². The van der Waals surface area contributed by atoms with Crippen LogP contribution < -0.4 is 51.1 Å². The maximum absolute atomic E-state index is 9.41. The first-order chi connectivity index (χ1) is 54.3. The molecule has 8 bridgehead atoms. The van der Waals surface area contributed by atoms with E-state index in [1.54, 1.807) is 25.2 Å². The van der Waals surface area contributed by atoms with E-state index in [0.29, 0.717) is 28.4 Å². The molecule has 13 nitrogen and oxygen atoms in total. The van der Waals surface area contributed by atoms with Gasteiger partial charge in [-0.2, -0.15) is 0 Å². The zero-order valence-corrected chi connectivity index (χ0v) is 74.7. The quantitative estimate of drug-likeness (QED) is 0.0756. The largest absolute Gasteiger partial charge is 4.00 e. The van der Waals surface area contributed by atoms with Crippen LogP contribution >= 0.6 is 0 Å². The molecular weight excluding hydrogens is 1770 g/mol. The van der Waals surface area contributed by atoms with E-state index in [-0.39, 0.29) is 68.8 Å². The molecule has 0 saturated carbocycles. The molecule has 1 radical (unpaired) electrons. The predicted octanol–water partition coefficient (Wildman–Crippen LogP) is 19.0. The minimum atomic E-state index is -0.241. The van der Waals surface area contributed by atoms with Crippen molar-refractivity contribution in [1.82, 2.24) is 24.9 Å². The van der Waals surface area contributed by atoms with Crippen molar-refractivity contribution in [1.29, 1.82) is 10.5 Å². The van der Waals surface area contributed by atoms with Gasteiger partial charge in [-0.15, -0.1) is 80.1 Å². The first-order valence-corrected chi connectivity index (χ1v) is 40.0. The van der Waals surface area contributed by atoms with Crippen LogP contribution in [0.1, 0.15) is 213 Å². The van der Waals surface area contributed by atoms with Crippen LogP contribution in [0.4, 0.5) is 11.4 Å². The SMILES string of the molecule is CCc1c2[n-]c(c1CC)C=c1[n-]c(c(CC)c1CC)=Cc1[n-]c(c(CC)c1CC)C=c1[n-]c(c(CC)c1CC)=C2.[C-]#[N+]/C(C#N)=C1C=C(/C=C/c2cc3c4c(c2)C(C)(C)CCN4CCC3(C)C)OC(C(C)(C)C)=C/1.[C-]#[N+]/C(C#N)=C1\C=C(C)OC(/C=C/c2ccc(N(C)C)cc2)=C1.[Ir].[Pt+4].[c-]1ccccc1-c1nccc2ccccc12. The molecule has 5 aromatic heterocycles. The van der Waals surface area contributed by atoms with Gasteiger partial charge in [0.05, 0.1) is 25.3 Å². The van der Waals surface area contributed by atoms with E-state index in [0.717, 1.165) is 155 Å². The first-order valence-electron chi connectivity index (χ1n) is 40.0. The average molecular weight is 1880 g/mol. The molecule has 4 aromatic carbocycles. The van der Waals surface area contributed by atoms with Gasteiger partial charge in [0.25, 0.3) is 11.4 Å². The maximum atomic E-state index is 9.41. The Labute approximate surface area is 710 Å². The molecule has 593 valence electrons. The van der Waals surface area contributed by atoms with E-state index in [1.165, 1.54) is 72.1 Å². The van der Waals surface area contributed by atoms with E-state index in [4.69, 9.17) is 47.8 Å². The normalized spacial score (nSPS) is 15.5. The van der Waals surface area contributed by atoms with Crippen molar-refractivity contribution >= 4 is 58.6 Å². The van der Waals surface area contributed by atoms with Crippen molar-refractivity contribution in [2.45, 2.75) is 186 Å². The number of fused-ring (bicyclic) bond motifs is 9. The average Bonchev–Trinajstić information content (AvgIpc) is 1.60. The third kappa shape index (κ3) is 19.6. The summed E-state index contributed by atoms with van der Waals surface area (Å²) in [5.41, 5.74) is 25.9. The minimum absolute atomic E-state index is 0. The molecule has 0 amide bonds. The Morgan fingerprint density at radius 3 is 1.41 bits per heavy atom. The Hall–Kier alpha value is -10.7. The van der Waals surface area contributed by atoms with Crippen LogP contribution in [0.3, 0.4) is 0 Å². The molecule has 14 rings (SSSR count). The number of rotatable bonds is 14. The van der Waals surface area contributed by atoms with E-state index < -0.39 is 0 Å².